The summed E-state index contributed by atoms with van der Waals surface area (Å²) >= 11 is 0. The zero-order chi connectivity index (χ0) is 50.7. The van der Waals surface area contributed by atoms with Crippen molar-refractivity contribution in [1.82, 2.24) is 41.3 Å². The molecule has 0 fully saturated rings. The minimum atomic E-state index is -3.91. The van der Waals surface area contributed by atoms with Crippen LogP contribution in [0.3, 0.4) is 0 Å². The summed E-state index contributed by atoms with van der Waals surface area (Å²) in [5.41, 5.74) is 1.82. The van der Waals surface area contributed by atoms with Crippen LogP contribution >= 0.6 is 0 Å². The number of carbonyl (C=O) groups excluding carboxylic acids is 7. The number of aryl methyl sites for hydroxylation is 2. The molecule has 1 aromatic carbocycles. The number of ketones is 3. The van der Waals surface area contributed by atoms with Crippen molar-refractivity contribution in [3.63, 3.8) is 0 Å². The standard InChI is InChI=1S/C23H37N7O10S.C21H31NO5/c1-2-17(23(37)38)25-20(33)11-10-15(22(35)36)14-16(31)6-4-12-24-19(32)9-5-13-41(39,40)28-21(34)8-3-7-18-26-29-30-27-18;1-3-19(23)6-5-13-26-14-15-27-16-21(25)22-12-4-7-20(24)18-10-8-17(2)9-11-18/h15,17H,2-14H2,1H3,(H,24,32)(H,25,33)(H,28,34)(H,35,36)(H,37,38)(H,26,27,29,30);8-11H,3-7,12-16H2,1-2H3,(H,22,25). The van der Waals surface area contributed by atoms with E-state index >= 15 is 0 Å². The summed E-state index contributed by atoms with van der Waals surface area (Å²) in [7, 11) is -3.91. The van der Waals surface area contributed by atoms with Gasteiger partial charge in [0.1, 0.15) is 24.2 Å². The van der Waals surface area contributed by atoms with Gasteiger partial charge in [-0.05, 0) is 51.9 Å². The molecular formula is C44H68N8O15S. The van der Waals surface area contributed by atoms with Gasteiger partial charge in [0.05, 0.1) is 24.9 Å². The van der Waals surface area contributed by atoms with Gasteiger partial charge in [-0.15, -0.1) is 10.2 Å². The normalized spacial score (nSPS) is 11.8. The Bertz CT molecular complexity index is 2000. The Hall–Kier alpha value is -6.01. The molecule has 0 saturated heterocycles. The SMILES string of the molecule is CCC(=O)CCCOCCOCC(=O)NCCCC(=O)c1ccc(C)cc1.CCC(NC(=O)CCC(CC(=O)CCCNC(=O)CCCS(=O)(=O)NC(=O)CCCc1nn[nH]n1)C(=O)O)C(=O)O. The van der Waals surface area contributed by atoms with E-state index in [1.165, 1.54) is 0 Å². The van der Waals surface area contributed by atoms with Crippen LogP contribution in [0.4, 0.5) is 0 Å². The lowest BCUT2D eigenvalue weighted by molar-refractivity contribution is -0.145. The number of aromatic amines is 1. The molecule has 0 aliphatic rings. The summed E-state index contributed by atoms with van der Waals surface area (Å²) in [6, 6.07) is 6.42. The van der Waals surface area contributed by atoms with E-state index < -0.39 is 57.4 Å². The number of Topliss-reactive ketones (excluding diaryl/α,β-unsaturated/α-hetero) is 3. The lowest BCUT2D eigenvalue weighted by Crippen LogP contribution is -2.40. The van der Waals surface area contributed by atoms with Gasteiger partial charge < -0.3 is 35.6 Å². The van der Waals surface area contributed by atoms with Crippen LogP contribution in [0.1, 0.15) is 132 Å². The highest BCUT2D eigenvalue weighted by Gasteiger charge is 2.24. The summed E-state index contributed by atoms with van der Waals surface area (Å²) in [6.07, 6.45) is 2.99. The Morgan fingerprint density at radius 3 is 1.99 bits per heavy atom. The van der Waals surface area contributed by atoms with Gasteiger partial charge >= 0.3 is 11.9 Å². The Morgan fingerprint density at radius 1 is 0.706 bits per heavy atom. The number of hydrogen-bond donors (Lipinski definition) is 7. The first-order chi connectivity index (χ1) is 32.3. The smallest absolute Gasteiger partial charge is 0.326 e. The third-order valence-electron chi connectivity index (χ3n) is 9.84. The number of amides is 4. The Labute approximate surface area is 396 Å². The number of sulfonamides is 1. The number of rotatable bonds is 37. The van der Waals surface area contributed by atoms with Crippen LogP contribution in [-0.4, -0.2) is 143 Å². The van der Waals surface area contributed by atoms with Crippen molar-refractivity contribution >= 4 is 62.9 Å². The van der Waals surface area contributed by atoms with Gasteiger partial charge in [-0.3, -0.25) is 43.1 Å². The van der Waals surface area contributed by atoms with Crippen LogP contribution in [0.15, 0.2) is 24.3 Å². The van der Waals surface area contributed by atoms with Crippen LogP contribution in [0.2, 0.25) is 0 Å². The molecule has 4 amide bonds. The quantitative estimate of drug-likeness (QED) is 0.0376. The van der Waals surface area contributed by atoms with E-state index in [0.717, 1.165) is 5.56 Å². The van der Waals surface area contributed by atoms with Crippen molar-refractivity contribution in [2.45, 2.75) is 130 Å². The van der Waals surface area contributed by atoms with Gasteiger partial charge in [-0.2, -0.15) is 5.21 Å². The first-order valence-electron chi connectivity index (χ1n) is 22.7. The number of carboxylic acids is 2. The fourth-order valence-corrected chi connectivity index (χ4v) is 7.02. The van der Waals surface area contributed by atoms with Crippen LogP contribution in [0.25, 0.3) is 0 Å². The maximum atomic E-state index is 12.2. The molecule has 0 saturated carbocycles. The molecule has 2 unspecified atom stereocenters. The Kier molecular flexibility index (Phi) is 31.0. The van der Waals surface area contributed by atoms with Crippen molar-refractivity contribution < 1.29 is 71.3 Å². The van der Waals surface area contributed by atoms with E-state index in [1.54, 1.807) is 6.92 Å². The summed E-state index contributed by atoms with van der Waals surface area (Å²) in [4.78, 5) is 105. The summed E-state index contributed by atoms with van der Waals surface area (Å²) < 4.78 is 36.6. The molecule has 380 valence electrons. The van der Waals surface area contributed by atoms with Crippen molar-refractivity contribution in [1.29, 1.82) is 0 Å². The van der Waals surface area contributed by atoms with E-state index in [0.29, 0.717) is 82.7 Å². The Balaban J connectivity index is 0.000000740. The van der Waals surface area contributed by atoms with Gasteiger partial charge in [0.15, 0.2) is 11.6 Å². The summed E-state index contributed by atoms with van der Waals surface area (Å²) in [5, 5.41) is 39.0. The molecule has 0 bridgehead atoms. The van der Waals surface area contributed by atoms with E-state index in [1.807, 2.05) is 42.8 Å². The van der Waals surface area contributed by atoms with Crippen LogP contribution in [0, 0.1) is 12.8 Å². The highest BCUT2D eigenvalue weighted by Crippen LogP contribution is 2.15. The number of nitrogens with one attached hydrogen (secondary N) is 5. The predicted octanol–water partition coefficient (Wildman–Crippen LogP) is 1.93. The molecule has 2 rings (SSSR count). The number of aromatic nitrogens is 4. The number of benzene rings is 1. The van der Waals surface area contributed by atoms with Gasteiger partial charge in [0, 0.05) is 83.0 Å². The van der Waals surface area contributed by atoms with Gasteiger partial charge in [0.2, 0.25) is 33.7 Å². The van der Waals surface area contributed by atoms with Gasteiger partial charge in [0.25, 0.3) is 0 Å². The number of carbonyl (C=O) groups is 9. The maximum absolute atomic E-state index is 12.2. The highest BCUT2D eigenvalue weighted by molar-refractivity contribution is 7.90. The minimum Gasteiger partial charge on any atom is -0.481 e. The number of nitrogens with zero attached hydrogens (tertiary/aromatic N) is 3. The average molecular weight is 981 g/mol. The lowest BCUT2D eigenvalue weighted by atomic mass is 9.95. The van der Waals surface area contributed by atoms with Crippen molar-refractivity contribution in [2.24, 2.45) is 5.92 Å². The second-order valence-corrected chi connectivity index (χ2v) is 17.5. The number of tetrazole rings is 1. The maximum Gasteiger partial charge on any atom is 0.326 e. The molecule has 0 aliphatic heterocycles. The highest BCUT2D eigenvalue weighted by atomic mass is 32.2. The topological polar surface area (TPSA) is 349 Å². The Morgan fingerprint density at radius 2 is 1.35 bits per heavy atom. The molecule has 7 N–H and O–H groups in total. The third-order valence-corrected chi connectivity index (χ3v) is 11.2. The van der Waals surface area contributed by atoms with Gasteiger partial charge in [-0.25, -0.2) is 13.2 Å². The number of hydrogen-bond acceptors (Lipinski definition) is 16. The molecule has 2 atom stereocenters. The summed E-state index contributed by atoms with van der Waals surface area (Å²) in [5.74, 6) is -5.58. The van der Waals surface area contributed by atoms with Crippen molar-refractivity contribution in [3.8, 4) is 0 Å². The molecule has 2 aromatic rings. The lowest BCUT2D eigenvalue weighted by Gasteiger charge is -2.14. The fourth-order valence-electron chi connectivity index (χ4n) is 5.94. The number of carboxylic acid groups (broad SMARTS) is 2. The number of H-pyrrole nitrogens is 1. The molecular weight excluding hydrogens is 913 g/mol. The molecule has 0 spiro atoms. The second-order valence-electron chi connectivity index (χ2n) is 15.7. The van der Waals surface area contributed by atoms with E-state index in [9.17, 15) is 56.7 Å². The molecule has 68 heavy (non-hydrogen) atoms. The molecule has 1 aromatic heterocycles. The fraction of sp³-hybridized carbons (Fsp3) is 0.636. The monoisotopic (exact) mass is 980 g/mol. The van der Waals surface area contributed by atoms with Crippen molar-refractivity contribution in [2.75, 3.05) is 45.3 Å². The average Bonchev–Trinajstić information content (AvgIpc) is 3.81. The predicted molar refractivity (Wildman–Crippen MR) is 244 cm³/mol. The largest absolute Gasteiger partial charge is 0.481 e. The van der Waals surface area contributed by atoms with Gasteiger partial charge in [-0.1, -0.05) is 48.9 Å². The van der Waals surface area contributed by atoms with E-state index in [-0.39, 0.29) is 94.2 Å². The molecule has 0 aliphatic carbocycles. The molecule has 0 radical (unpaired) electrons. The zero-order valence-electron chi connectivity index (χ0n) is 39.2. The molecule has 23 nitrogen and oxygen atoms in total. The van der Waals surface area contributed by atoms with E-state index in [4.69, 9.17) is 14.6 Å². The first kappa shape index (κ1) is 60.0. The first-order valence-corrected chi connectivity index (χ1v) is 24.3. The minimum absolute atomic E-state index is 0.0136. The second kappa shape index (κ2) is 35.2. The zero-order valence-corrected chi connectivity index (χ0v) is 40.0. The van der Waals surface area contributed by atoms with E-state index in [2.05, 4.69) is 36.6 Å². The number of aliphatic carboxylic acids is 2. The van der Waals surface area contributed by atoms with Crippen molar-refractivity contribution in [3.05, 3.63) is 41.2 Å². The molecule has 24 heteroatoms. The summed E-state index contributed by atoms with van der Waals surface area (Å²) in [6.45, 7) is 7.21. The van der Waals surface area contributed by atoms with Crippen LogP contribution < -0.4 is 20.7 Å². The van der Waals surface area contributed by atoms with Crippen LogP contribution in [-0.2, 0) is 64.3 Å². The number of ether oxygens (including phenoxy) is 2. The molecule has 1 heterocycles. The van der Waals surface area contributed by atoms with Crippen LogP contribution in [0.5, 0.6) is 0 Å². The third kappa shape index (κ3) is 30.3.